The monoisotopic (exact) mass is 381 g/mol. The summed E-state index contributed by atoms with van der Waals surface area (Å²) in [6.45, 7) is 6.52. The Morgan fingerprint density at radius 1 is 1.04 bits per heavy atom. The number of para-hydroxylation sites is 2. The topological polar surface area (TPSA) is 61.9 Å². The Kier molecular flexibility index (Phi) is 6.19. The van der Waals surface area contributed by atoms with Crippen molar-refractivity contribution >= 4 is 23.2 Å². The van der Waals surface area contributed by atoms with E-state index < -0.39 is 0 Å². The molecule has 1 N–H and O–H groups in total. The number of aryl methyl sites for hydroxylation is 2. The molecule has 0 saturated carbocycles. The molecule has 0 radical (unpaired) electrons. The standard InChI is InChI=1S/C22H27N3O3/c1-16-8-9-17(2)18(14-16)23-21(26)15-22(27)25-12-10-24(11-13-25)19-6-4-5-7-20(19)28-3/h4-9,14H,10-13,15H2,1-3H3,(H,23,26). The number of nitrogens with one attached hydrogen (secondary N) is 1. The zero-order valence-electron chi connectivity index (χ0n) is 16.7. The minimum absolute atomic E-state index is 0.137. The average Bonchev–Trinajstić information content (AvgIpc) is 2.70. The van der Waals surface area contributed by atoms with E-state index in [4.69, 9.17) is 4.74 Å². The quantitative estimate of drug-likeness (QED) is 0.809. The van der Waals surface area contributed by atoms with Crippen molar-refractivity contribution in [3.05, 3.63) is 53.6 Å². The molecule has 0 aromatic heterocycles. The van der Waals surface area contributed by atoms with Crippen LogP contribution in [-0.2, 0) is 9.59 Å². The average molecular weight is 381 g/mol. The third-order valence-corrected chi connectivity index (χ3v) is 5.04. The summed E-state index contributed by atoms with van der Waals surface area (Å²) in [5.41, 5.74) is 3.85. The Hall–Kier alpha value is -3.02. The maximum atomic E-state index is 12.5. The lowest BCUT2D eigenvalue weighted by atomic mass is 10.1. The Balaban J connectivity index is 1.53. The van der Waals surface area contributed by atoms with Gasteiger partial charge in [0, 0.05) is 31.9 Å². The van der Waals surface area contributed by atoms with Crippen molar-refractivity contribution < 1.29 is 14.3 Å². The number of amides is 2. The minimum atomic E-state index is -0.272. The molecule has 0 unspecified atom stereocenters. The number of hydrogen-bond donors (Lipinski definition) is 1. The molecule has 148 valence electrons. The predicted octanol–water partition coefficient (Wildman–Crippen LogP) is 2.99. The molecule has 2 aromatic carbocycles. The van der Waals surface area contributed by atoms with Crippen LogP contribution < -0.4 is 15.0 Å². The fraction of sp³-hybridized carbons (Fsp3) is 0.364. The Morgan fingerprint density at radius 2 is 1.75 bits per heavy atom. The van der Waals surface area contributed by atoms with E-state index in [9.17, 15) is 9.59 Å². The SMILES string of the molecule is COc1ccccc1N1CCN(C(=O)CC(=O)Nc2cc(C)ccc2C)CC1. The van der Waals surface area contributed by atoms with Gasteiger partial charge in [-0.3, -0.25) is 9.59 Å². The number of hydrogen-bond acceptors (Lipinski definition) is 4. The normalized spacial score (nSPS) is 14.0. The van der Waals surface area contributed by atoms with E-state index in [1.807, 2.05) is 56.3 Å². The molecule has 28 heavy (non-hydrogen) atoms. The van der Waals surface area contributed by atoms with Gasteiger partial charge in [0.2, 0.25) is 11.8 Å². The molecule has 3 rings (SSSR count). The van der Waals surface area contributed by atoms with E-state index in [0.717, 1.165) is 28.3 Å². The number of anilines is 2. The van der Waals surface area contributed by atoms with E-state index in [1.165, 1.54) is 0 Å². The van der Waals surface area contributed by atoms with E-state index >= 15 is 0 Å². The summed E-state index contributed by atoms with van der Waals surface area (Å²) in [5.74, 6) is 0.420. The smallest absolute Gasteiger partial charge is 0.233 e. The highest BCUT2D eigenvalue weighted by Crippen LogP contribution is 2.28. The first kappa shape index (κ1) is 19.7. The van der Waals surface area contributed by atoms with E-state index in [-0.39, 0.29) is 18.2 Å². The van der Waals surface area contributed by atoms with Crippen molar-refractivity contribution in [1.29, 1.82) is 0 Å². The van der Waals surface area contributed by atoms with Crippen LogP contribution in [0.2, 0.25) is 0 Å². The summed E-state index contributed by atoms with van der Waals surface area (Å²) in [6.07, 6.45) is -0.137. The van der Waals surface area contributed by atoms with Crippen LogP contribution in [0.25, 0.3) is 0 Å². The Morgan fingerprint density at radius 3 is 2.46 bits per heavy atom. The Bertz CT molecular complexity index is 858. The number of carbonyl (C=O) groups is 2. The van der Waals surface area contributed by atoms with Crippen LogP contribution in [0.15, 0.2) is 42.5 Å². The molecule has 1 heterocycles. The lowest BCUT2D eigenvalue weighted by molar-refractivity contribution is -0.134. The lowest BCUT2D eigenvalue weighted by Gasteiger charge is -2.36. The molecule has 0 bridgehead atoms. The maximum absolute atomic E-state index is 12.5. The van der Waals surface area contributed by atoms with Gasteiger partial charge in [-0.05, 0) is 43.2 Å². The third kappa shape index (κ3) is 4.63. The van der Waals surface area contributed by atoms with Gasteiger partial charge in [-0.25, -0.2) is 0 Å². The van der Waals surface area contributed by atoms with Crippen LogP contribution in [0.5, 0.6) is 5.75 Å². The maximum Gasteiger partial charge on any atom is 0.233 e. The molecule has 1 fully saturated rings. The molecule has 1 saturated heterocycles. The van der Waals surface area contributed by atoms with Gasteiger partial charge in [0.1, 0.15) is 12.2 Å². The second-order valence-corrected chi connectivity index (χ2v) is 7.08. The zero-order valence-corrected chi connectivity index (χ0v) is 16.7. The first-order valence-corrected chi connectivity index (χ1v) is 9.51. The summed E-state index contributed by atoms with van der Waals surface area (Å²) < 4.78 is 5.42. The van der Waals surface area contributed by atoms with Gasteiger partial charge in [0.25, 0.3) is 0 Å². The van der Waals surface area contributed by atoms with Gasteiger partial charge in [-0.1, -0.05) is 24.3 Å². The summed E-state index contributed by atoms with van der Waals surface area (Å²) in [7, 11) is 1.66. The number of piperazine rings is 1. The van der Waals surface area contributed by atoms with Gasteiger partial charge in [0.05, 0.1) is 12.8 Å². The highest BCUT2D eigenvalue weighted by atomic mass is 16.5. The van der Waals surface area contributed by atoms with E-state index in [0.29, 0.717) is 26.2 Å². The molecule has 0 aliphatic carbocycles. The molecule has 1 aliphatic heterocycles. The number of rotatable bonds is 5. The van der Waals surface area contributed by atoms with Crippen LogP contribution in [-0.4, -0.2) is 50.0 Å². The second-order valence-electron chi connectivity index (χ2n) is 7.08. The van der Waals surface area contributed by atoms with Crippen LogP contribution in [0.4, 0.5) is 11.4 Å². The molecule has 0 atom stereocenters. The fourth-order valence-corrected chi connectivity index (χ4v) is 3.40. The Labute approximate surface area is 166 Å². The van der Waals surface area contributed by atoms with Crippen molar-refractivity contribution in [3.63, 3.8) is 0 Å². The van der Waals surface area contributed by atoms with Crippen LogP contribution >= 0.6 is 0 Å². The van der Waals surface area contributed by atoms with E-state index in [1.54, 1.807) is 12.0 Å². The summed E-state index contributed by atoms with van der Waals surface area (Å²) in [6, 6.07) is 13.8. The number of nitrogens with zero attached hydrogens (tertiary/aromatic N) is 2. The first-order chi connectivity index (χ1) is 13.5. The molecular weight excluding hydrogens is 354 g/mol. The molecule has 1 aliphatic rings. The van der Waals surface area contributed by atoms with Crippen molar-refractivity contribution in [3.8, 4) is 5.75 Å². The second kappa shape index (κ2) is 8.78. The highest BCUT2D eigenvalue weighted by Gasteiger charge is 2.24. The van der Waals surface area contributed by atoms with E-state index in [2.05, 4.69) is 10.2 Å². The summed E-state index contributed by atoms with van der Waals surface area (Å²) >= 11 is 0. The zero-order chi connectivity index (χ0) is 20.1. The van der Waals surface area contributed by atoms with Gasteiger partial charge in [0.15, 0.2) is 0 Å². The first-order valence-electron chi connectivity index (χ1n) is 9.51. The number of ether oxygens (including phenoxy) is 1. The van der Waals surface area contributed by atoms with Gasteiger partial charge < -0.3 is 19.9 Å². The molecule has 2 aromatic rings. The van der Waals surface area contributed by atoms with Crippen LogP contribution in [0.3, 0.4) is 0 Å². The molecule has 0 spiro atoms. The van der Waals surface area contributed by atoms with Crippen molar-refractivity contribution in [2.75, 3.05) is 43.5 Å². The summed E-state index contributed by atoms with van der Waals surface area (Å²) in [4.78, 5) is 28.8. The van der Waals surface area contributed by atoms with Crippen molar-refractivity contribution in [1.82, 2.24) is 4.90 Å². The fourth-order valence-electron chi connectivity index (χ4n) is 3.40. The van der Waals surface area contributed by atoms with Crippen LogP contribution in [0, 0.1) is 13.8 Å². The van der Waals surface area contributed by atoms with Crippen molar-refractivity contribution in [2.45, 2.75) is 20.3 Å². The number of methoxy groups -OCH3 is 1. The largest absolute Gasteiger partial charge is 0.495 e. The minimum Gasteiger partial charge on any atom is -0.495 e. The lowest BCUT2D eigenvalue weighted by Crippen LogP contribution is -2.49. The number of carbonyl (C=O) groups excluding carboxylic acids is 2. The highest BCUT2D eigenvalue weighted by molar-refractivity contribution is 6.04. The van der Waals surface area contributed by atoms with Crippen molar-refractivity contribution in [2.24, 2.45) is 0 Å². The molecular formula is C22H27N3O3. The van der Waals surface area contributed by atoms with Crippen LogP contribution in [0.1, 0.15) is 17.5 Å². The van der Waals surface area contributed by atoms with Gasteiger partial charge in [-0.15, -0.1) is 0 Å². The molecule has 2 amide bonds. The van der Waals surface area contributed by atoms with Gasteiger partial charge in [-0.2, -0.15) is 0 Å². The molecule has 6 nitrogen and oxygen atoms in total. The van der Waals surface area contributed by atoms with Gasteiger partial charge >= 0.3 is 0 Å². The number of benzene rings is 2. The summed E-state index contributed by atoms with van der Waals surface area (Å²) in [5, 5.41) is 2.86. The molecule has 6 heteroatoms. The third-order valence-electron chi connectivity index (χ3n) is 5.04. The predicted molar refractivity (Wildman–Crippen MR) is 111 cm³/mol.